The normalized spacial score (nSPS) is 15.4. The van der Waals surface area contributed by atoms with Gasteiger partial charge in [0.05, 0.1) is 17.7 Å². The van der Waals surface area contributed by atoms with Crippen molar-refractivity contribution in [2.75, 3.05) is 0 Å². The lowest BCUT2D eigenvalue weighted by Crippen LogP contribution is -2.45. The van der Waals surface area contributed by atoms with Gasteiger partial charge in [-0.1, -0.05) is 34.1 Å². The molecule has 1 rings (SSSR count). The number of hydrogen-bond donors (Lipinski definition) is 1. The van der Waals surface area contributed by atoms with Crippen molar-refractivity contribution < 1.29 is 4.79 Å². The number of rotatable bonds is 5. The first-order chi connectivity index (χ1) is 8.16. The molecule has 0 fully saturated rings. The van der Waals surface area contributed by atoms with Crippen LogP contribution in [0.2, 0.25) is 0 Å². The maximum atomic E-state index is 12.1. The van der Waals surface area contributed by atoms with Crippen LogP contribution in [-0.4, -0.2) is 16.3 Å². The van der Waals surface area contributed by atoms with Crippen molar-refractivity contribution in [3.8, 4) is 0 Å². The highest BCUT2D eigenvalue weighted by Gasteiger charge is 2.28. The number of carbonyl (C=O) groups excluding carboxylic acids is 1. The van der Waals surface area contributed by atoms with Gasteiger partial charge >= 0.3 is 0 Å². The number of thiazole rings is 1. The van der Waals surface area contributed by atoms with Gasteiger partial charge < -0.3 is 5.73 Å². The predicted octanol–water partition coefficient (Wildman–Crippen LogP) is 3.07. The van der Waals surface area contributed by atoms with Gasteiger partial charge in [-0.25, -0.2) is 4.98 Å². The summed E-state index contributed by atoms with van der Waals surface area (Å²) in [5.74, 6) is 0.0826. The summed E-state index contributed by atoms with van der Waals surface area (Å²) in [6.07, 6.45) is 2.00. The van der Waals surface area contributed by atoms with E-state index in [1.807, 2.05) is 19.2 Å². The molecule has 1 unspecified atom stereocenters. The average molecular weight is 268 g/mol. The molecule has 3 nitrogen and oxygen atoms in total. The number of Topliss-reactive ketones (excluding diaryl/α,β-unsaturated/α-hetero) is 1. The predicted molar refractivity (Wildman–Crippen MR) is 77.0 cm³/mol. The molecular weight excluding hydrogens is 244 g/mol. The van der Waals surface area contributed by atoms with Gasteiger partial charge in [0, 0.05) is 10.8 Å². The van der Waals surface area contributed by atoms with Crippen molar-refractivity contribution in [2.24, 2.45) is 5.73 Å². The molecule has 0 spiro atoms. The van der Waals surface area contributed by atoms with Gasteiger partial charge in [0.15, 0.2) is 5.78 Å². The molecule has 4 heteroatoms. The minimum Gasteiger partial charge on any atom is -0.319 e. The lowest BCUT2D eigenvalue weighted by molar-refractivity contribution is -0.123. The fourth-order valence-corrected chi connectivity index (χ4v) is 2.75. The molecule has 18 heavy (non-hydrogen) atoms. The van der Waals surface area contributed by atoms with Crippen LogP contribution in [-0.2, 0) is 16.6 Å². The van der Waals surface area contributed by atoms with E-state index in [1.165, 1.54) is 0 Å². The molecule has 1 aromatic heterocycles. The highest BCUT2D eigenvalue weighted by molar-refractivity contribution is 7.09. The number of nitrogens with two attached hydrogens (primary N) is 1. The molecule has 0 bridgehead atoms. The van der Waals surface area contributed by atoms with Gasteiger partial charge in [0.25, 0.3) is 0 Å². The summed E-state index contributed by atoms with van der Waals surface area (Å²) in [5.41, 5.74) is 6.40. The quantitative estimate of drug-likeness (QED) is 0.893. The van der Waals surface area contributed by atoms with E-state index in [9.17, 15) is 4.79 Å². The molecule has 2 N–H and O–H groups in total. The van der Waals surface area contributed by atoms with Crippen molar-refractivity contribution in [3.05, 3.63) is 16.1 Å². The lowest BCUT2D eigenvalue weighted by Gasteiger charge is -2.21. The van der Waals surface area contributed by atoms with Crippen LogP contribution in [0.1, 0.15) is 58.2 Å². The van der Waals surface area contributed by atoms with Gasteiger partial charge in [-0.2, -0.15) is 0 Å². The Bertz CT molecular complexity index is 416. The molecule has 0 saturated carbocycles. The Hall–Kier alpha value is -0.740. The van der Waals surface area contributed by atoms with E-state index in [2.05, 4.69) is 25.8 Å². The molecule has 0 amide bonds. The molecule has 0 saturated heterocycles. The van der Waals surface area contributed by atoms with Crippen LogP contribution in [0.4, 0.5) is 0 Å². The van der Waals surface area contributed by atoms with Gasteiger partial charge in [-0.3, -0.25) is 4.79 Å². The molecular formula is C14H24N2OS. The molecule has 102 valence electrons. The Kier molecular flexibility index (Phi) is 4.67. The van der Waals surface area contributed by atoms with Crippen LogP contribution >= 0.6 is 11.3 Å². The van der Waals surface area contributed by atoms with E-state index < -0.39 is 5.54 Å². The summed E-state index contributed by atoms with van der Waals surface area (Å²) >= 11 is 1.55. The molecule has 0 aliphatic heterocycles. The number of aromatic nitrogens is 1. The first kappa shape index (κ1) is 15.3. The first-order valence-electron chi connectivity index (χ1n) is 6.44. The molecule has 1 atom stereocenters. The molecule has 1 heterocycles. The third kappa shape index (κ3) is 3.89. The second-order valence-electron chi connectivity index (χ2n) is 6.14. The monoisotopic (exact) mass is 268 g/mol. The second-order valence-corrected chi connectivity index (χ2v) is 7.09. The number of ketones is 1. The van der Waals surface area contributed by atoms with Gasteiger partial charge in [-0.15, -0.1) is 11.3 Å². The summed E-state index contributed by atoms with van der Waals surface area (Å²) in [4.78, 5) is 16.7. The zero-order valence-electron chi connectivity index (χ0n) is 12.0. The first-order valence-corrected chi connectivity index (χ1v) is 7.32. The Balaban J connectivity index is 2.74. The molecule has 0 aliphatic rings. The average Bonchev–Trinajstić information content (AvgIpc) is 2.65. The van der Waals surface area contributed by atoms with E-state index in [4.69, 9.17) is 5.73 Å². The topological polar surface area (TPSA) is 56.0 Å². The highest BCUT2D eigenvalue weighted by atomic mass is 32.1. The smallest absolute Gasteiger partial charge is 0.159 e. The lowest BCUT2D eigenvalue weighted by atomic mass is 9.90. The maximum absolute atomic E-state index is 12.1. The summed E-state index contributed by atoms with van der Waals surface area (Å²) in [6, 6.07) is 0. The van der Waals surface area contributed by atoms with E-state index in [0.717, 1.165) is 23.5 Å². The highest BCUT2D eigenvalue weighted by Crippen LogP contribution is 2.25. The fraction of sp³-hybridized carbons (Fsp3) is 0.714. The zero-order valence-corrected chi connectivity index (χ0v) is 12.9. The summed E-state index contributed by atoms with van der Waals surface area (Å²) < 4.78 is 0. The van der Waals surface area contributed by atoms with Crippen LogP contribution in [0.15, 0.2) is 5.38 Å². The molecule has 0 radical (unpaired) electrons. The Morgan fingerprint density at radius 3 is 2.44 bits per heavy atom. The van der Waals surface area contributed by atoms with Crippen LogP contribution < -0.4 is 5.73 Å². The van der Waals surface area contributed by atoms with Crippen molar-refractivity contribution >= 4 is 17.1 Å². The van der Waals surface area contributed by atoms with Crippen LogP contribution in [0.5, 0.6) is 0 Å². The van der Waals surface area contributed by atoms with E-state index >= 15 is 0 Å². The van der Waals surface area contributed by atoms with Crippen molar-refractivity contribution in [1.29, 1.82) is 0 Å². The van der Waals surface area contributed by atoms with E-state index in [1.54, 1.807) is 11.3 Å². The summed E-state index contributed by atoms with van der Waals surface area (Å²) in [5, 5.41) is 2.91. The Morgan fingerprint density at radius 2 is 2.00 bits per heavy atom. The van der Waals surface area contributed by atoms with Crippen molar-refractivity contribution in [2.45, 2.75) is 64.8 Å². The number of nitrogens with zero attached hydrogens (tertiary/aromatic N) is 1. The van der Waals surface area contributed by atoms with Crippen LogP contribution in [0.25, 0.3) is 0 Å². The SMILES string of the molecule is CCCC(C)(N)C(=O)Cc1nc(C(C)(C)C)cs1. The van der Waals surface area contributed by atoms with Crippen LogP contribution in [0, 0.1) is 0 Å². The Labute approximate surface area is 114 Å². The fourth-order valence-electron chi connectivity index (χ4n) is 1.73. The van der Waals surface area contributed by atoms with E-state index in [0.29, 0.717) is 6.42 Å². The van der Waals surface area contributed by atoms with Gasteiger partial charge in [0.2, 0.25) is 0 Å². The third-order valence-corrected chi connectivity index (χ3v) is 3.89. The van der Waals surface area contributed by atoms with Crippen molar-refractivity contribution in [3.63, 3.8) is 0 Å². The van der Waals surface area contributed by atoms with Gasteiger partial charge in [0.1, 0.15) is 5.01 Å². The summed E-state index contributed by atoms with van der Waals surface area (Å²) in [6.45, 7) is 10.2. The molecule has 0 aliphatic carbocycles. The largest absolute Gasteiger partial charge is 0.319 e. The Morgan fingerprint density at radius 1 is 1.39 bits per heavy atom. The number of carbonyl (C=O) groups is 1. The second kappa shape index (κ2) is 5.49. The molecule has 0 aromatic carbocycles. The minimum atomic E-state index is -0.720. The third-order valence-electron chi connectivity index (χ3n) is 3.04. The minimum absolute atomic E-state index is 0.0350. The van der Waals surface area contributed by atoms with Gasteiger partial charge in [-0.05, 0) is 13.3 Å². The summed E-state index contributed by atoms with van der Waals surface area (Å²) in [7, 11) is 0. The molecule has 1 aromatic rings. The number of hydrogen-bond acceptors (Lipinski definition) is 4. The van der Waals surface area contributed by atoms with Crippen LogP contribution in [0.3, 0.4) is 0 Å². The van der Waals surface area contributed by atoms with Crippen molar-refractivity contribution in [1.82, 2.24) is 4.98 Å². The zero-order chi connectivity index (χ0) is 14.0. The standard InChI is InChI=1S/C14H24N2OS/c1-6-7-14(5,15)11(17)8-12-16-10(9-18-12)13(2,3)4/h9H,6-8,15H2,1-5H3. The maximum Gasteiger partial charge on any atom is 0.159 e. The van der Waals surface area contributed by atoms with E-state index in [-0.39, 0.29) is 11.2 Å².